The van der Waals surface area contributed by atoms with E-state index in [0.717, 1.165) is 5.56 Å². The minimum Gasteiger partial charge on any atom is -0.273 e. The van der Waals surface area contributed by atoms with Crippen molar-refractivity contribution in [3.8, 4) is 0 Å². The molecule has 9 nitrogen and oxygen atoms in total. The molecule has 0 radical (unpaired) electrons. The van der Waals surface area contributed by atoms with Crippen molar-refractivity contribution in [2.45, 2.75) is 6.04 Å². The molecule has 140 valence electrons. The number of carbonyl (C=O) groups is 2. The molecule has 4 N–H and O–H groups in total. The van der Waals surface area contributed by atoms with Crippen molar-refractivity contribution in [2.75, 3.05) is 6.54 Å². The molecule has 27 heavy (non-hydrogen) atoms. The van der Waals surface area contributed by atoms with E-state index in [9.17, 15) is 19.7 Å². The molecule has 0 aromatic heterocycles. The van der Waals surface area contributed by atoms with Crippen LogP contribution < -0.4 is 21.7 Å². The van der Waals surface area contributed by atoms with Crippen LogP contribution in [0.4, 0.5) is 5.69 Å². The van der Waals surface area contributed by atoms with Gasteiger partial charge in [-0.25, -0.2) is 5.43 Å². The molecule has 2 atom stereocenters. The highest BCUT2D eigenvalue weighted by Gasteiger charge is 2.34. The first-order valence-corrected chi connectivity index (χ1v) is 8.42. The third-order valence-electron chi connectivity index (χ3n) is 4.19. The smallest absolute Gasteiger partial charge is 0.269 e. The van der Waals surface area contributed by atoms with Crippen LogP contribution in [0.5, 0.6) is 0 Å². The van der Waals surface area contributed by atoms with Gasteiger partial charge in [-0.1, -0.05) is 23.7 Å². The zero-order valence-corrected chi connectivity index (χ0v) is 14.7. The molecule has 0 aliphatic carbocycles. The summed E-state index contributed by atoms with van der Waals surface area (Å²) < 4.78 is 0. The maximum Gasteiger partial charge on any atom is 0.269 e. The molecule has 0 bridgehead atoms. The summed E-state index contributed by atoms with van der Waals surface area (Å²) in [7, 11) is 0. The number of amides is 2. The van der Waals surface area contributed by atoms with E-state index in [1.165, 1.54) is 24.3 Å². The summed E-state index contributed by atoms with van der Waals surface area (Å²) in [5.74, 6) is -1.40. The lowest BCUT2D eigenvalue weighted by Crippen LogP contribution is -2.46. The lowest BCUT2D eigenvalue weighted by molar-refractivity contribution is -0.384. The Morgan fingerprint density at radius 3 is 2.37 bits per heavy atom. The lowest BCUT2D eigenvalue weighted by Gasteiger charge is -2.18. The van der Waals surface area contributed by atoms with Gasteiger partial charge in [0.25, 0.3) is 11.6 Å². The Morgan fingerprint density at radius 2 is 1.74 bits per heavy atom. The fourth-order valence-electron chi connectivity index (χ4n) is 2.74. The van der Waals surface area contributed by atoms with Crippen LogP contribution in [0, 0.1) is 16.0 Å². The molecule has 1 aliphatic rings. The number of nitrogens with one attached hydrogen (secondary N) is 4. The first-order valence-electron chi connectivity index (χ1n) is 8.04. The normalized spacial score (nSPS) is 18.7. The summed E-state index contributed by atoms with van der Waals surface area (Å²) in [6.07, 6.45) is 0. The van der Waals surface area contributed by atoms with Crippen molar-refractivity contribution in [2.24, 2.45) is 5.92 Å². The van der Waals surface area contributed by atoms with E-state index >= 15 is 0 Å². The molecule has 2 unspecified atom stereocenters. The van der Waals surface area contributed by atoms with E-state index in [2.05, 4.69) is 21.7 Å². The second-order valence-corrected chi connectivity index (χ2v) is 6.34. The van der Waals surface area contributed by atoms with Crippen molar-refractivity contribution in [1.29, 1.82) is 0 Å². The van der Waals surface area contributed by atoms with Crippen molar-refractivity contribution >= 4 is 29.1 Å². The quantitative estimate of drug-likeness (QED) is 0.463. The highest BCUT2D eigenvalue weighted by Crippen LogP contribution is 2.26. The Kier molecular flexibility index (Phi) is 5.65. The predicted octanol–water partition coefficient (Wildman–Crippen LogP) is 1.47. The van der Waals surface area contributed by atoms with Crippen LogP contribution in [0.25, 0.3) is 0 Å². The van der Waals surface area contributed by atoms with Crippen molar-refractivity contribution < 1.29 is 14.5 Å². The highest BCUT2D eigenvalue weighted by molar-refractivity contribution is 6.30. The van der Waals surface area contributed by atoms with Gasteiger partial charge in [0.2, 0.25) is 5.91 Å². The Bertz CT molecular complexity index is 857. The standard InChI is InChI=1S/C17H16ClN5O4/c18-12-5-1-10(2-6-12)15-14(9-19-20-15)17(25)22-21-16(24)11-3-7-13(8-4-11)23(26)27/h1-8,14-15,19-20H,9H2,(H,21,24)(H,22,25). The summed E-state index contributed by atoms with van der Waals surface area (Å²) in [6.45, 7) is 0.381. The van der Waals surface area contributed by atoms with Crippen LogP contribution in [0.3, 0.4) is 0 Å². The SMILES string of the molecule is O=C(NNC(=O)C1CNNC1c1ccc(Cl)cc1)c1ccc([N+](=O)[O-])cc1. The zero-order valence-electron chi connectivity index (χ0n) is 13.9. The van der Waals surface area contributed by atoms with Gasteiger partial charge in [-0.3, -0.25) is 36.0 Å². The fourth-order valence-corrected chi connectivity index (χ4v) is 2.87. The molecule has 3 rings (SSSR count). The molecule has 2 aromatic rings. The third kappa shape index (κ3) is 4.40. The van der Waals surface area contributed by atoms with Gasteiger partial charge in [-0.15, -0.1) is 0 Å². The van der Waals surface area contributed by atoms with Gasteiger partial charge >= 0.3 is 0 Å². The molecule has 2 aromatic carbocycles. The van der Waals surface area contributed by atoms with Gasteiger partial charge in [0, 0.05) is 29.3 Å². The number of non-ortho nitro benzene ring substituents is 1. The van der Waals surface area contributed by atoms with Crippen molar-refractivity contribution in [3.63, 3.8) is 0 Å². The van der Waals surface area contributed by atoms with Crippen molar-refractivity contribution in [3.05, 3.63) is 74.8 Å². The monoisotopic (exact) mass is 389 g/mol. The van der Waals surface area contributed by atoms with Gasteiger partial charge in [-0.2, -0.15) is 0 Å². The van der Waals surface area contributed by atoms with Crippen LogP contribution in [0.2, 0.25) is 5.02 Å². The maximum absolute atomic E-state index is 12.5. The lowest BCUT2D eigenvalue weighted by atomic mass is 9.94. The molecule has 1 heterocycles. The molecule has 10 heteroatoms. The van der Waals surface area contributed by atoms with E-state index in [4.69, 9.17) is 11.6 Å². The second kappa shape index (κ2) is 8.12. The van der Waals surface area contributed by atoms with E-state index in [1.807, 2.05) is 12.1 Å². The Morgan fingerprint density at radius 1 is 1.07 bits per heavy atom. The predicted molar refractivity (Wildman–Crippen MR) is 97.5 cm³/mol. The molecular weight excluding hydrogens is 374 g/mol. The molecule has 2 amide bonds. The number of hydrogen-bond acceptors (Lipinski definition) is 6. The molecule has 1 saturated heterocycles. The van der Waals surface area contributed by atoms with E-state index in [-0.39, 0.29) is 23.2 Å². The second-order valence-electron chi connectivity index (χ2n) is 5.91. The van der Waals surface area contributed by atoms with Gasteiger partial charge in [-0.05, 0) is 29.8 Å². The van der Waals surface area contributed by atoms with E-state index < -0.39 is 16.7 Å². The average molecular weight is 390 g/mol. The summed E-state index contributed by atoms with van der Waals surface area (Å²) in [4.78, 5) is 34.6. The van der Waals surface area contributed by atoms with Gasteiger partial charge in [0.15, 0.2) is 0 Å². The minimum absolute atomic E-state index is 0.121. The molecule has 1 fully saturated rings. The Balaban J connectivity index is 1.60. The fraction of sp³-hybridized carbons (Fsp3) is 0.176. The van der Waals surface area contributed by atoms with Crippen LogP contribution in [0.1, 0.15) is 22.0 Å². The summed E-state index contributed by atoms with van der Waals surface area (Å²) in [6, 6.07) is 11.9. The molecule has 0 spiro atoms. The number of hydrazine groups is 2. The number of nitrogens with zero attached hydrogens (tertiary/aromatic N) is 1. The topological polar surface area (TPSA) is 125 Å². The Labute approximate surface area is 159 Å². The highest BCUT2D eigenvalue weighted by atomic mass is 35.5. The number of halogens is 1. The van der Waals surface area contributed by atoms with Crippen LogP contribution in [-0.2, 0) is 4.79 Å². The largest absolute Gasteiger partial charge is 0.273 e. The number of carbonyl (C=O) groups excluding carboxylic acids is 2. The van der Waals surface area contributed by atoms with E-state index in [0.29, 0.717) is 11.6 Å². The van der Waals surface area contributed by atoms with E-state index in [1.54, 1.807) is 12.1 Å². The van der Waals surface area contributed by atoms with Crippen LogP contribution in [0.15, 0.2) is 48.5 Å². The molecular formula is C17H16ClN5O4. The first-order chi connectivity index (χ1) is 13.0. The summed E-state index contributed by atoms with van der Waals surface area (Å²) in [5.41, 5.74) is 11.6. The summed E-state index contributed by atoms with van der Waals surface area (Å²) in [5, 5.41) is 11.2. The number of nitro benzene ring substituents is 1. The maximum atomic E-state index is 12.5. The number of rotatable bonds is 4. The molecule has 0 saturated carbocycles. The number of benzene rings is 2. The number of hydrogen-bond donors (Lipinski definition) is 4. The van der Waals surface area contributed by atoms with Crippen molar-refractivity contribution in [1.82, 2.24) is 21.7 Å². The third-order valence-corrected chi connectivity index (χ3v) is 4.44. The van der Waals surface area contributed by atoms with Gasteiger partial charge < -0.3 is 0 Å². The zero-order chi connectivity index (χ0) is 19.4. The molecule has 1 aliphatic heterocycles. The number of nitro groups is 1. The minimum atomic E-state index is -0.569. The van der Waals surface area contributed by atoms with Gasteiger partial charge in [0.1, 0.15) is 0 Å². The average Bonchev–Trinajstić information content (AvgIpc) is 3.16. The first kappa shape index (κ1) is 18.8. The summed E-state index contributed by atoms with van der Waals surface area (Å²) >= 11 is 5.89. The van der Waals surface area contributed by atoms with Crippen LogP contribution >= 0.6 is 11.6 Å². The Hall–Kier alpha value is -3.01. The van der Waals surface area contributed by atoms with Crippen LogP contribution in [-0.4, -0.2) is 23.3 Å². The van der Waals surface area contributed by atoms with Gasteiger partial charge in [0.05, 0.1) is 16.9 Å².